The fourth-order valence-corrected chi connectivity index (χ4v) is 4.67. The number of ether oxygens (including phenoxy) is 2. The van der Waals surface area contributed by atoms with Gasteiger partial charge in [0.05, 0.1) is 13.2 Å². The van der Waals surface area contributed by atoms with Crippen LogP contribution in [0, 0.1) is 17.0 Å². The van der Waals surface area contributed by atoms with Crippen LogP contribution in [0.25, 0.3) is 5.69 Å². The molecule has 0 aliphatic rings. The van der Waals surface area contributed by atoms with Gasteiger partial charge in [-0.2, -0.15) is 0 Å². The summed E-state index contributed by atoms with van der Waals surface area (Å²) < 4.78 is 14.0. The highest BCUT2D eigenvalue weighted by atomic mass is 79.9. The summed E-state index contributed by atoms with van der Waals surface area (Å²) in [5.74, 6) is 2.08. The molecule has 3 rings (SSSR count). The molecule has 0 amide bonds. The highest BCUT2D eigenvalue weighted by molar-refractivity contribution is 9.10. The summed E-state index contributed by atoms with van der Waals surface area (Å²) in [7, 11) is 0. The quantitative estimate of drug-likeness (QED) is 0.210. The largest absolute Gasteiger partial charge is 0.494 e. The number of halogens is 1. The molecule has 164 valence electrons. The number of aromatic nitrogens is 3. The average Bonchev–Trinajstić information content (AvgIpc) is 3.09. The molecule has 3 aromatic rings. The second-order valence-electron chi connectivity index (χ2n) is 6.53. The molecule has 31 heavy (non-hydrogen) atoms. The van der Waals surface area contributed by atoms with Gasteiger partial charge in [-0.3, -0.25) is 14.7 Å². The van der Waals surface area contributed by atoms with Gasteiger partial charge in [-0.15, -0.1) is 10.2 Å². The van der Waals surface area contributed by atoms with Crippen molar-refractivity contribution in [1.82, 2.24) is 14.8 Å². The van der Waals surface area contributed by atoms with Crippen LogP contribution in [-0.2, 0) is 0 Å². The fourth-order valence-electron chi connectivity index (χ4n) is 3.09. The van der Waals surface area contributed by atoms with Gasteiger partial charge in [-0.25, -0.2) is 0 Å². The molecule has 1 aromatic heterocycles. The van der Waals surface area contributed by atoms with Gasteiger partial charge >= 0.3 is 0 Å². The number of rotatable bonds is 10. The fraction of sp³-hybridized carbons (Fsp3) is 0.333. The minimum atomic E-state index is -0.515. The molecule has 0 saturated heterocycles. The lowest BCUT2D eigenvalue weighted by Crippen LogP contribution is -2.12. The van der Waals surface area contributed by atoms with Crippen LogP contribution in [0.15, 0.2) is 52.1 Å². The Balaban J connectivity index is 1.99. The second kappa shape index (κ2) is 10.6. The van der Waals surface area contributed by atoms with E-state index < -0.39 is 5.25 Å². The smallest absolute Gasteiger partial charge is 0.220 e. The van der Waals surface area contributed by atoms with Gasteiger partial charge in [0.25, 0.3) is 0 Å². The van der Waals surface area contributed by atoms with Crippen LogP contribution < -0.4 is 9.47 Å². The molecule has 0 N–H and O–H groups in total. The zero-order valence-electron chi connectivity index (χ0n) is 17.4. The number of aryl methyl sites for hydroxylation is 1. The Morgan fingerprint density at radius 2 is 1.84 bits per heavy atom. The van der Waals surface area contributed by atoms with Crippen LogP contribution in [0.1, 0.15) is 30.5 Å². The molecule has 0 radical (unpaired) electrons. The minimum Gasteiger partial charge on any atom is -0.494 e. The summed E-state index contributed by atoms with van der Waals surface area (Å²) in [5, 5.41) is 20.0. The number of hydrogen-bond donors (Lipinski definition) is 0. The first-order valence-electron chi connectivity index (χ1n) is 9.78. The summed E-state index contributed by atoms with van der Waals surface area (Å²) >= 11 is 4.75. The Labute approximate surface area is 193 Å². The van der Waals surface area contributed by atoms with Gasteiger partial charge in [-0.1, -0.05) is 27.7 Å². The van der Waals surface area contributed by atoms with Crippen molar-refractivity contribution >= 4 is 27.7 Å². The van der Waals surface area contributed by atoms with Gasteiger partial charge in [0, 0.05) is 20.6 Å². The summed E-state index contributed by atoms with van der Waals surface area (Å²) in [6.07, 6.45) is 0. The molecule has 8 nitrogen and oxygen atoms in total. The van der Waals surface area contributed by atoms with E-state index in [1.807, 2.05) is 67.8 Å². The topological polar surface area (TPSA) is 92.3 Å². The summed E-state index contributed by atoms with van der Waals surface area (Å²) in [6, 6.07) is 13.1. The van der Waals surface area contributed by atoms with Crippen molar-refractivity contribution in [3.63, 3.8) is 0 Å². The third kappa shape index (κ3) is 5.76. The van der Waals surface area contributed by atoms with Gasteiger partial charge in [0.1, 0.15) is 22.6 Å². The van der Waals surface area contributed by atoms with Crippen LogP contribution in [0.2, 0.25) is 0 Å². The van der Waals surface area contributed by atoms with Crippen molar-refractivity contribution < 1.29 is 14.4 Å². The van der Waals surface area contributed by atoms with E-state index in [4.69, 9.17) is 9.47 Å². The maximum Gasteiger partial charge on any atom is 0.220 e. The minimum absolute atomic E-state index is 0.281. The molecular weight excluding hydrogens is 484 g/mol. The normalized spacial score (nSPS) is 11.9. The summed E-state index contributed by atoms with van der Waals surface area (Å²) in [5.41, 5.74) is 1.59. The second-order valence-corrected chi connectivity index (χ2v) is 8.61. The highest BCUT2D eigenvalue weighted by Gasteiger charge is 2.27. The van der Waals surface area contributed by atoms with Gasteiger partial charge in [0.2, 0.25) is 6.54 Å². The number of nitro groups is 1. The average molecular weight is 507 g/mol. The monoisotopic (exact) mass is 506 g/mol. The Hall–Kier alpha value is -2.59. The van der Waals surface area contributed by atoms with E-state index in [1.54, 1.807) is 0 Å². The van der Waals surface area contributed by atoms with Gasteiger partial charge in [0.15, 0.2) is 5.16 Å². The lowest BCUT2D eigenvalue weighted by atomic mass is 10.1. The summed E-state index contributed by atoms with van der Waals surface area (Å²) in [6.45, 7) is 6.43. The first-order chi connectivity index (χ1) is 14.9. The molecule has 0 aliphatic carbocycles. The molecule has 0 bridgehead atoms. The number of thioether (sulfide) groups is 1. The number of hydrogen-bond acceptors (Lipinski definition) is 7. The van der Waals surface area contributed by atoms with E-state index in [-0.39, 0.29) is 11.5 Å². The van der Waals surface area contributed by atoms with Crippen molar-refractivity contribution in [3.05, 3.63) is 68.4 Å². The van der Waals surface area contributed by atoms with Crippen molar-refractivity contribution in [1.29, 1.82) is 0 Å². The molecule has 0 saturated carbocycles. The standard InChI is InChI=1S/C21H23BrN4O4S/c1-4-29-17-9-7-16(8-10-17)26-14(3)23-24-21(26)31-20(13-25(27)28)18-12-15(22)6-11-19(18)30-5-2/h6-12,20H,4-5,13H2,1-3H3/t20-/m1/s1. The number of benzene rings is 2. The predicted octanol–water partition coefficient (Wildman–Crippen LogP) is 5.25. The van der Waals surface area contributed by atoms with Crippen LogP contribution in [0.3, 0.4) is 0 Å². The van der Waals surface area contributed by atoms with Crippen LogP contribution in [0.4, 0.5) is 0 Å². The Morgan fingerprint density at radius 3 is 2.48 bits per heavy atom. The zero-order valence-corrected chi connectivity index (χ0v) is 19.9. The van der Waals surface area contributed by atoms with E-state index in [2.05, 4.69) is 26.1 Å². The molecule has 2 aromatic carbocycles. The van der Waals surface area contributed by atoms with E-state index in [0.29, 0.717) is 29.9 Å². The lowest BCUT2D eigenvalue weighted by Gasteiger charge is -2.18. The van der Waals surface area contributed by atoms with Crippen molar-refractivity contribution in [2.24, 2.45) is 0 Å². The van der Waals surface area contributed by atoms with E-state index in [0.717, 1.165) is 21.5 Å². The Morgan fingerprint density at radius 1 is 1.13 bits per heavy atom. The number of nitrogens with zero attached hydrogens (tertiary/aromatic N) is 4. The van der Waals surface area contributed by atoms with Crippen molar-refractivity contribution in [2.75, 3.05) is 19.8 Å². The van der Waals surface area contributed by atoms with E-state index >= 15 is 0 Å². The first-order valence-corrected chi connectivity index (χ1v) is 11.5. The molecule has 1 atom stereocenters. The first kappa shape index (κ1) is 23.1. The molecule has 0 fully saturated rings. The molecule has 1 heterocycles. The zero-order chi connectivity index (χ0) is 22.4. The third-order valence-corrected chi connectivity index (χ3v) is 6.04. The van der Waals surface area contributed by atoms with Gasteiger partial charge < -0.3 is 9.47 Å². The third-order valence-electron chi connectivity index (χ3n) is 4.38. The Kier molecular flexibility index (Phi) is 7.91. The molecular formula is C21H23BrN4O4S. The van der Waals surface area contributed by atoms with Crippen molar-refractivity contribution in [3.8, 4) is 17.2 Å². The van der Waals surface area contributed by atoms with Crippen LogP contribution >= 0.6 is 27.7 Å². The maximum absolute atomic E-state index is 11.5. The molecule has 0 aliphatic heterocycles. The Bertz CT molecular complexity index is 1040. The predicted molar refractivity (Wildman–Crippen MR) is 123 cm³/mol. The van der Waals surface area contributed by atoms with Gasteiger partial charge in [-0.05, 0) is 63.2 Å². The SMILES string of the molecule is CCOc1ccc(-n2c(C)nnc2S[C@H](C[N+](=O)[O-])c2cc(Br)ccc2OCC)cc1. The van der Waals surface area contributed by atoms with Crippen molar-refractivity contribution in [2.45, 2.75) is 31.2 Å². The molecule has 0 spiro atoms. The van der Waals surface area contributed by atoms with E-state index in [1.165, 1.54) is 11.8 Å². The highest BCUT2D eigenvalue weighted by Crippen LogP contribution is 2.41. The maximum atomic E-state index is 11.5. The van der Waals surface area contributed by atoms with Crippen LogP contribution in [0.5, 0.6) is 11.5 Å². The van der Waals surface area contributed by atoms with Crippen LogP contribution in [-0.4, -0.2) is 39.4 Å². The molecule has 10 heteroatoms. The summed E-state index contributed by atoms with van der Waals surface area (Å²) in [4.78, 5) is 11.1. The molecule has 0 unspecified atom stereocenters. The van der Waals surface area contributed by atoms with E-state index in [9.17, 15) is 10.1 Å². The lowest BCUT2D eigenvalue weighted by molar-refractivity contribution is -0.479.